The number of nitrogens with one attached hydrogen (secondary N) is 2. The smallest absolute Gasteiger partial charge is 0.255 e. The average Bonchev–Trinajstić information content (AvgIpc) is 2.29. The number of pyridine rings is 1. The van der Waals surface area contributed by atoms with Crippen LogP contribution in [0, 0.1) is 0 Å². The van der Waals surface area contributed by atoms with E-state index < -0.39 is 0 Å². The summed E-state index contributed by atoms with van der Waals surface area (Å²) in [7, 11) is 1.74. The van der Waals surface area contributed by atoms with Crippen LogP contribution in [-0.4, -0.2) is 36.5 Å². The molecule has 0 saturated carbocycles. The van der Waals surface area contributed by atoms with Crippen LogP contribution in [0.3, 0.4) is 0 Å². The minimum atomic E-state index is -0.104. The number of carbonyl (C=O) groups excluding carboxylic acids is 1. The lowest BCUT2D eigenvalue weighted by Crippen LogP contribution is -2.26. The van der Waals surface area contributed by atoms with E-state index >= 15 is 0 Å². The molecule has 1 aromatic rings. The average molecular weight is 304 g/mol. The van der Waals surface area contributed by atoms with E-state index in [9.17, 15) is 4.79 Å². The molecule has 16 heavy (non-hydrogen) atoms. The van der Waals surface area contributed by atoms with Gasteiger partial charge in [0, 0.05) is 30.0 Å². The maximum Gasteiger partial charge on any atom is 0.255 e. The number of hydrogen-bond acceptors (Lipinski definition) is 4. The summed E-state index contributed by atoms with van der Waals surface area (Å²) in [6, 6.07) is 1.76. The molecule has 0 radical (unpaired) electrons. The Morgan fingerprint density at radius 1 is 1.62 bits per heavy atom. The largest absolute Gasteiger partial charge is 0.372 e. The second kappa shape index (κ2) is 6.75. The molecular weight excluding hydrogens is 290 g/mol. The molecule has 0 aliphatic rings. The Labute approximate surface area is 108 Å². The number of carbonyl (C=O) groups is 1. The van der Waals surface area contributed by atoms with Crippen molar-refractivity contribution in [1.82, 2.24) is 10.3 Å². The summed E-state index contributed by atoms with van der Waals surface area (Å²) >= 11 is 5.00. The molecule has 0 aliphatic carbocycles. The zero-order chi connectivity index (χ0) is 12.0. The number of anilines is 1. The molecular formula is C10H14BrN3OS. The van der Waals surface area contributed by atoms with Gasteiger partial charge in [-0.25, -0.2) is 4.98 Å². The Hall–Kier alpha value is -0.750. The van der Waals surface area contributed by atoms with Crippen molar-refractivity contribution in [2.45, 2.75) is 0 Å². The van der Waals surface area contributed by atoms with Gasteiger partial charge >= 0.3 is 0 Å². The second-order valence-electron chi connectivity index (χ2n) is 3.05. The third-order valence-electron chi connectivity index (χ3n) is 1.93. The first-order valence-electron chi connectivity index (χ1n) is 4.79. The Bertz CT molecular complexity index is 373. The van der Waals surface area contributed by atoms with Crippen LogP contribution in [0.1, 0.15) is 10.4 Å². The van der Waals surface area contributed by atoms with Crippen LogP contribution in [-0.2, 0) is 0 Å². The quantitative estimate of drug-likeness (QED) is 0.817. The summed E-state index contributed by atoms with van der Waals surface area (Å²) in [5.41, 5.74) is 0.554. The van der Waals surface area contributed by atoms with Gasteiger partial charge in [-0.3, -0.25) is 4.79 Å². The second-order valence-corrected chi connectivity index (χ2v) is 4.95. The molecule has 2 N–H and O–H groups in total. The van der Waals surface area contributed by atoms with E-state index in [2.05, 4.69) is 31.5 Å². The van der Waals surface area contributed by atoms with Crippen LogP contribution in [0.25, 0.3) is 0 Å². The van der Waals surface area contributed by atoms with E-state index in [1.165, 1.54) is 0 Å². The fraction of sp³-hybridized carbons (Fsp3) is 0.400. The number of aromatic nitrogens is 1. The lowest BCUT2D eigenvalue weighted by Gasteiger charge is -2.08. The van der Waals surface area contributed by atoms with Gasteiger partial charge in [0.1, 0.15) is 5.82 Å². The summed E-state index contributed by atoms with van der Waals surface area (Å²) < 4.78 is 0.793. The molecule has 4 nitrogen and oxygen atoms in total. The van der Waals surface area contributed by atoms with E-state index in [4.69, 9.17) is 0 Å². The van der Waals surface area contributed by atoms with Crippen LogP contribution < -0.4 is 10.6 Å². The summed E-state index contributed by atoms with van der Waals surface area (Å²) in [5.74, 6) is 1.39. The van der Waals surface area contributed by atoms with Crippen molar-refractivity contribution in [2.24, 2.45) is 0 Å². The fourth-order valence-electron chi connectivity index (χ4n) is 1.17. The predicted molar refractivity (Wildman–Crippen MR) is 72.2 cm³/mol. The Morgan fingerprint density at radius 3 is 3.00 bits per heavy atom. The van der Waals surface area contributed by atoms with Gasteiger partial charge in [-0.15, -0.1) is 0 Å². The lowest BCUT2D eigenvalue weighted by molar-refractivity contribution is 0.0956. The zero-order valence-corrected chi connectivity index (χ0v) is 11.6. The van der Waals surface area contributed by atoms with Crippen molar-refractivity contribution in [3.8, 4) is 0 Å². The number of amides is 1. The monoisotopic (exact) mass is 303 g/mol. The SMILES string of the molecule is CNc1ncc(Br)cc1C(=O)NCCSC. The van der Waals surface area contributed by atoms with Gasteiger partial charge in [-0.1, -0.05) is 0 Å². The van der Waals surface area contributed by atoms with Crippen LogP contribution in [0.2, 0.25) is 0 Å². The van der Waals surface area contributed by atoms with Crippen molar-refractivity contribution >= 4 is 39.4 Å². The Balaban J connectivity index is 2.76. The predicted octanol–water partition coefficient (Wildman–Crippen LogP) is 1.98. The van der Waals surface area contributed by atoms with E-state index in [-0.39, 0.29) is 5.91 Å². The molecule has 1 aromatic heterocycles. The van der Waals surface area contributed by atoms with Crippen LogP contribution >= 0.6 is 27.7 Å². The Morgan fingerprint density at radius 2 is 2.38 bits per heavy atom. The summed E-state index contributed by atoms with van der Waals surface area (Å²) in [5, 5.41) is 5.74. The first-order chi connectivity index (χ1) is 7.69. The molecule has 0 aliphatic heterocycles. The van der Waals surface area contributed by atoms with Crippen LogP contribution in [0.15, 0.2) is 16.7 Å². The first kappa shape index (κ1) is 13.3. The normalized spacial score (nSPS) is 9.94. The number of hydrogen-bond donors (Lipinski definition) is 2. The molecule has 0 saturated heterocycles. The zero-order valence-electron chi connectivity index (χ0n) is 9.21. The van der Waals surface area contributed by atoms with Crippen molar-refractivity contribution in [3.63, 3.8) is 0 Å². The van der Waals surface area contributed by atoms with Gasteiger partial charge in [-0.05, 0) is 28.3 Å². The lowest BCUT2D eigenvalue weighted by atomic mass is 10.2. The highest BCUT2D eigenvalue weighted by Gasteiger charge is 2.11. The third kappa shape index (κ3) is 3.68. The fourth-order valence-corrected chi connectivity index (χ4v) is 1.81. The highest BCUT2D eigenvalue weighted by atomic mass is 79.9. The number of rotatable bonds is 5. The molecule has 0 unspecified atom stereocenters. The number of nitrogens with zero attached hydrogens (tertiary/aromatic N) is 1. The standard InChI is InChI=1S/C10H14BrN3OS/c1-12-9-8(5-7(11)6-14-9)10(15)13-3-4-16-2/h5-6H,3-4H2,1-2H3,(H,12,14)(H,13,15). The molecule has 0 bridgehead atoms. The molecule has 1 heterocycles. The Kier molecular flexibility index (Phi) is 5.62. The summed E-state index contributed by atoms with van der Waals surface area (Å²) in [6.07, 6.45) is 3.66. The number of thioether (sulfide) groups is 1. The van der Waals surface area contributed by atoms with Crippen molar-refractivity contribution in [1.29, 1.82) is 0 Å². The highest BCUT2D eigenvalue weighted by molar-refractivity contribution is 9.10. The molecule has 0 aromatic carbocycles. The third-order valence-corrected chi connectivity index (χ3v) is 2.97. The van der Waals surface area contributed by atoms with E-state index in [0.717, 1.165) is 10.2 Å². The van der Waals surface area contributed by atoms with Gasteiger partial charge in [0.2, 0.25) is 0 Å². The van der Waals surface area contributed by atoms with Gasteiger partial charge in [0.15, 0.2) is 0 Å². The molecule has 6 heteroatoms. The molecule has 0 atom stereocenters. The minimum absolute atomic E-state index is 0.104. The topological polar surface area (TPSA) is 54.0 Å². The van der Waals surface area contributed by atoms with Gasteiger partial charge in [0.25, 0.3) is 5.91 Å². The van der Waals surface area contributed by atoms with Gasteiger partial charge < -0.3 is 10.6 Å². The maximum absolute atomic E-state index is 11.8. The first-order valence-corrected chi connectivity index (χ1v) is 6.98. The summed E-state index contributed by atoms with van der Waals surface area (Å²) in [4.78, 5) is 16.0. The van der Waals surface area contributed by atoms with Crippen molar-refractivity contribution in [3.05, 3.63) is 22.3 Å². The van der Waals surface area contributed by atoms with Crippen molar-refractivity contribution in [2.75, 3.05) is 30.9 Å². The molecule has 88 valence electrons. The highest BCUT2D eigenvalue weighted by Crippen LogP contribution is 2.17. The van der Waals surface area contributed by atoms with Crippen LogP contribution in [0.4, 0.5) is 5.82 Å². The number of halogens is 1. The van der Waals surface area contributed by atoms with E-state index in [1.807, 2.05) is 6.26 Å². The molecule has 0 spiro atoms. The van der Waals surface area contributed by atoms with Gasteiger partial charge in [0.05, 0.1) is 5.56 Å². The maximum atomic E-state index is 11.8. The molecule has 1 amide bonds. The molecule has 0 fully saturated rings. The van der Waals surface area contributed by atoms with Crippen LogP contribution in [0.5, 0.6) is 0 Å². The van der Waals surface area contributed by atoms with Crippen molar-refractivity contribution < 1.29 is 4.79 Å². The van der Waals surface area contributed by atoms with Gasteiger partial charge in [-0.2, -0.15) is 11.8 Å². The molecule has 1 rings (SSSR count). The summed E-state index contributed by atoms with van der Waals surface area (Å²) in [6.45, 7) is 0.662. The minimum Gasteiger partial charge on any atom is -0.372 e. The van der Waals surface area contributed by atoms with E-state index in [1.54, 1.807) is 31.1 Å². The van der Waals surface area contributed by atoms with E-state index in [0.29, 0.717) is 17.9 Å².